The molecule has 0 spiro atoms. The smallest absolute Gasteiger partial charge is 0.274 e. The number of carbonyl (C=O) groups excluding carboxylic acids is 1. The van der Waals surface area contributed by atoms with Crippen LogP contribution in [0.1, 0.15) is 35.1 Å². The molecule has 1 amide bonds. The van der Waals surface area contributed by atoms with Gasteiger partial charge < -0.3 is 4.90 Å². The largest absolute Gasteiger partial charge is 0.343 e. The Hall–Kier alpha value is -1.36. The molecule has 1 aliphatic rings. The Morgan fingerprint density at radius 1 is 1.39 bits per heavy atom. The lowest BCUT2D eigenvalue weighted by Crippen LogP contribution is -2.24. The van der Waals surface area contributed by atoms with Gasteiger partial charge in [-0.05, 0) is 19.9 Å². The van der Waals surface area contributed by atoms with Crippen molar-refractivity contribution in [3.8, 4) is 0 Å². The minimum Gasteiger partial charge on any atom is -0.343 e. The number of fused-ring (bicyclic) bond motifs is 1. The first-order valence-electron chi connectivity index (χ1n) is 6.54. The molecule has 18 heavy (non-hydrogen) atoms. The highest BCUT2D eigenvalue weighted by atomic mass is 16.2. The van der Waals surface area contributed by atoms with E-state index in [1.54, 1.807) is 19.0 Å². The molecule has 5 heteroatoms. The lowest BCUT2D eigenvalue weighted by molar-refractivity contribution is 0.0820. The summed E-state index contributed by atoms with van der Waals surface area (Å²) in [6, 6.07) is 0. The zero-order valence-electron chi connectivity index (χ0n) is 11.7. The summed E-state index contributed by atoms with van der Waals surface area (Å²) >= 11 is 0. The Balaban J connectivity index is 2.36. The van der Waals surface area contributed by atoms with Crippen molar-refractivity contribution >= 4 is 5.91 Å². The summed E-state index contributed by atoms with van der Waals surface area (Å²) in [7, 11) is 3.54. The molecule has 0 saturated heterocycles. The topological polar surface area (TPSA) is 41.4 Å². The molecule has 0 radical (unpaired) electrons. The van der Waals surface area contributed by atoms with Crippen LogP contribution in [0.3, 0.4) is 0 Å². The minimum atomic E-state index is -0.00359. The van der Waals surface area contributed by atoms with E-state index in [2.05, 4.69) is 16.9 Å². The number of hydrogen-bond acceptors (Lipinski definition) is 3. The summed E-state index contributed by atoms with van der Waals surface area (Å²) in [5.41, 5.74) is 2.83. The maximum absolute atomic E-state index is 12.1. The lowest BCUT2D eigenvalue weighted by atomic mass is 10.2. The van der Waals surface area contributed by atoms with E-state index in [1.807, 2.05) is 11.6 Å². The van der Waals surface area contributed by atoms with Gasteiger partial charge in [-0.2, -0.15) is 5.10 Å². The Morgan fingerprint density at radius 3 is 2.72 bits per heavy atom. The zero-order valence-corrected chi connectivity index (χ0v) is 11.7. The van der Waals surface area contributed by atoms with Gasteiger partial charge in [-0.25, -0.2) is 0 Å². The van der Waals surface area contributed by atoms with Crippen LogP contribution in [-0.4, -0.2) is 52.7 Å². The molecule has 100 valence electrons. The van der Waals surface area contributed by atoms with Crippen molar-refractivity contribution in [2.75, 3.05) is 27.2 Å². The van der Waals surface area contributed by atoms with Crippen LogP contribution in [0.5, 0.6) is 0 Å². The van der Waals surface area contributed by atoms with Gasteiger partial charge in [-0.3, -0.25) is 14.4 Å². The first-order valence-corrected chi connectivity index (χ1v) is 6.54. The van der Waals surface area contributed by atoms with Gasteiger partial charge in [0.2, 0.25) is 0 Å². The van der Waals surface area contributed by atoms with Crippen LogP contribution in [0, 0.1) is 6.92 Å². The number of amides is 1. The molecule has 0 fully saturated rings. The summed E-state index contributed by atoms with van der Waals surface area (Å²) in [4.78, 5) is 16.0. The van der Waals surface area contributed by atoms with Crippen LogP contribution in [0.2, 0.25) is 0 Å². The molecule has 0 atom stereocenters. The van der Waals surface area contributed by atoms with Gasteiger partial charge >= 0.3 is 0 Å². The van der Waals surface area contributed by atoms with Crippen molar-refractivity contribution in [2.45, 2.75) is 33.4 Å². The molecule has 1 aliphatic heterocycles. The molecule has 0 unspecified atom stereocenters. The van der Waals surface area contributed by atoms with E-state index in [9.17, 15) is 4.79 Å². The van der Waals surface area contributed by atoms with Gasteiger partial charge in [-0.1, -0.05) is 6.92 Å². The van der Waals surface area contributed by atoms with Gasteiger partial charge in [0.1, 0.15) is 0 Å². The molecule has 0 N–H and O–H groups in total. The van der Waals surface area contributed by atoms with Gasteiger partial charge in [0.25, 0.3) is 5.91 Å². The second-order valence-electron chi connectivity index (χ2n) is 5.07. The van der Waals surface area contributed by atoms with E-state index in [1.165, 1.54) is 5.69 Å². The normalized spacial score (nSPS) is 16.2. The third kappa shape index (κ3) is 2.27. The fraction of sp³-hybridized carbons (Fsp3) is 0.692. The molecule has 0 saturated carbocycles. The molecule has 2 heterocycles. The molecule has 1 aromatic heterocycles. The van der Waals surface area contributed by atoms with Crippen molar-refractivity contribution in [2.24, 2.45) is 0 Å². The molecule has 2 rings (SSSR count). The standard InChI is InChI=1S/C13H22N4O/c1-5-16-7-6-8-17-11(9-16)10(2)12(14-17)13(18)15(3)4/h5-9H2,1-4H3. The summed E-state index contributed by atoms with van der Waals surface area (Å²) in [5, 5.41) is 4.50. The Morgan fingerprint density at radius 2 is 2.11 bits per heavy atom. The molecule has 5 nitrogen and oxygen atoms in total. The highest BCUT2D eigenvalue weighted by Gasteiger charge is 2.23. The third-order valence-corrected chi connectivity index (χ3v) is 3.59. The number of nitrogens with zero attached hydrogens (tertiary/aromatic N) is 4. The van der Waals surface area contributed by atoms with Crippen LogP contribution < -0.4 is 0 Å². The van der Waals surface area contributed by atoms with Crippen molar-refractivity contribution in [3.05, 3.63) is 17.0 Å². The van der Waals surface area contributed by atoms with Gasteiger partial charge in [-0.15, -0.1) is 0 Å². The van der Waals surface area contributed by atoms with Crippen molar-refractivity contribution in [3.63, 3.8) is 0 Å². The molecule has 0 aromatic carbocycles. The second-order valence-corrected chi connectivity index (χ2v) is 5.07. The van der Waals surface area contributed by atoms with E-state index in [-0.39, 0.29) is 5.91 Å². The van der Waals surface area contributed by atoms with Crippen LogP contribution in [0.15, 0.2) is 0 Å². The highest BCUT2D eigenvalue weighted by molar-refractivity contribution is 5.93. The fourth-order valence-corrected chi connectivity index (χ4v) is 2.39. The van der Waals surface area contributed by atoms with Crippen molar-refractivity contribution < 1.29 is 4.79 Å². The predicted octanol–water partition coefficient (Wildman–Crippen LogP) is 1.12. The van der Waals surface area contributed by atoms with Gasteiger partial charge in [0, 0.05) is 39.3 Å². The SMILES string of the molecule is CCN1CCCn2nc(C(=O)N(C)C)c(C)c2C1. The molecular formula is C13H22N4O. The molecule has 1 aromatic rings. The van der Waals surface area contributed by atoms with Gasteiger partial charge in [0.05, 0.1) is 5.69 Å². The van der Waals surface area contributed by atoms with Crippen molar-refractivity contribution in [1.29, 1.82) is 0 Å². The summed E-state index contributed by atoms with van der Waals surface area (Å²) < 4.78 is 2.02. The first kappa shape index (κ1) is 13.1. The number of aromatic nitrogens is 2. The summed E-state index contributed by atoms with van der Waals surface area (Å²) in [6.45, 7) is 8.14. The van der Waals surface area contributed by atoms with Crippen LogP contribution in [0.4, 0.5) is 0 Å². The van der Waals surface area contributed by atoms with E-state index >= 15 is 0 Å². The number of carbonyl (C=O) groups is 1. The second kappa shape index (κ2) is 5.10. The molecule has 0 aliphatic carbocycles. The fourth-order valence-electron chi connectivity index (χ4n) is 2.39. The average molecular weight is 250 g/mol. The average Bonchev–Trinajstić information content (AvgIpc) is 2.53. The number of rotatable bonds is 2. The van der Waals surface area contributed by atoms with Crippen molar-refractivity contribution in [1.82, 2.24) is 19.6 Å². The van der Waals surface area contributed by atoms with E-state index < -0.39 is 0 Å². The van der Waals surface area contributed by atoms with Crippen LogP contribution in [0.25, 0.3) is 0 Å². The van der Waals surface area contributed by atoms with Crippen LogP contribution in [-0.2, 0) is 13.1 Å². The minimum absolute atomic E-state index is 0.00359. The van der Waals surface area contributed by atoms with Crippen LogP contribution >= 0.6 is 0 Å². The number of aryl methyl sites for hydroxylation is 1. The summed E-state index contributed by atoms with van der Waals surface area (Å²) in [5.74, 6) is -0.00359. The Kier molecular flexibility index (Phi) is 3.71. The molecule has 0 bridgehead atoms. The van der Waals surface area contributed by atoms with Gasteiger partial charge in [0.15, 0.2) is 5.69 Å². The number of hydrogen-bond donors (Lipinski definition) is 0. The molecular weight excluding hydrogens is 228 g/mol. The Labute approximate surface area is 108 Å². The Bertz CT molecular complexity index is 450. The first-order chi connectivity index (χ1) is 8.54. The highest BCUT2D eigenvalue weighted by Crippen LogP contribution is 2.19. The lowest BCUT2D eigenvalue weighted by Gasteiger charge is -2.17. The third-order valence-electron chi connectivity index (χ3n) is 3.59. The van der Waals surface area contributed by atoms with E-state index in [0.29, 0.717) is 5.69 Å². The van der Waals surface area contributed by atoms with E-state index in [4.69, 9.17) is 0 Å². The quantitative estimate of drug-likeness (QED) is 0.790. The zero-order chi connectivity index (χ0) is 13.3. The predicted molar refractivity (Wildman–Crippen MR) is 70.5 cm³/mol. The summed E-state index contributed by atoms with van der Waals surface area (Å²) in [6.07, 6.45) is 1.09. The maximum atomic E-state index is 12.1. The monoisotopic (exact) mass is 250 g/mol. The maximum Gasteiger partial charge on any atom is 0.274 e. The van der Waals surface area contributed by atoms with E-state index in [0.717, 1.165) is 38.2 Å².